The molecule has 1 aromatic carbocycles. The number of aromatic nitrogens is 4. The zero-order valence-electron chi connectivity index (χ0n) is 31.4. The van der Waals surface area contributed by atoms with Crippen molar-refractivity contribution < 1.29 is 57.1 Å². The summed E-state index contributed by atoms with van der Waals surface area (Å²) < 4.78 is 42.4. The molecule has 1 aliphatic rings. The van der Waals surface area contributed by atoms with Gasteiger partial charge in [-0.2, -0.15) is 9.97 Å². The molecule has 19 heteroatoms. The number of fused-ring (bicyclic) bond motifs is 1. The number of imidazole rings is 1. The number of hydrogen-bond donors (Lipinski definition) is 0. The number of carbonyl (C=O) groups excluding carboxylic acids is 5. The third kappa shape index (κ3) is 9.45. The van der Waals surface area contributed by atoms with Gasteiger partial charge in [-0.25, -0.2) is 19.4 Å². The van der Waals surface area contributed by atoms with Crippen molar-refractivity contribution in [2.24, 2.45) is 0 Å². The van der Waals surface area contributed by atoms with E-state index in [0.29, 0.717) is 5.56 Å². The number of terminal acetylenes is 1. The van der Waals surface area contributed by atoms with Gasteiger partial charge in [-0.05, 0) is 86.5 Å². The van der Waals surface area contributed by atoms with Crippen molar-refractivity contribution in [1.82, 2.24) is 19.5 Å². The minimum absolute atomic E-state index is 0.0195. The van der Waals surface area contributed by atoms with Crippen LogP contribution in [0.2, 0.25) is 5.28 Å². The van der Waals surface area contributed by atoms with Gasteiger partial charge in [-0.15, -0.1) is 6.42 Å². The Bertz CT molecular complexity index is 1960. The van der Waals surface area contributed by atoms with Crippen LogP contribution in [0.25, 0.3) is 11.2 Å². The summed E-state index contributed by atoms with van der Waals surface area (Å²) in [4.78, 5) is 79.9. The Labute approximate surface area is 335 Å². The molecule has 2 aromatic heterocycles. The minimum atomic E-state index is -2.41. The van der Waals surface area contributed by atoms with E-state index in [1.165, 1.54) is 17.9 Å². The molecule has 0 N–H and O–H groups in total. The molecule has 1 amide bonds. The van der Waals surface area contributed by atoms with Crippen LogP contribution in [0.1, 0.15) is 60.3 Å². The van der Waals surface area contributed by atoms with Gasteiger partial charge in [0.05, 0.1) is 26.1 Å². The summed E-state index contributed by atoms with van der Waals surface area (Å²) in [5, 5.41) is -0.311. The highest BCUT2D eigenvalue weighted by Gasteiger charge is 2.63. The van der Waals surface area contributed by atoms with E-state index in [4.69, 9.17) is 51.2 Å². The predicted molar refractivity (Wildman–Crippen MR) is 203 cm³/mol. The zero-order chi connectivity index (χ0) is 40.9. The number of benzene rings is 1. The molecule has 4 rings (SSSR count). The molecule has 1 saturated heterocycles. The second-order valence-corrected chi connectivity index (χ2v) is 14.7. The SMILES string of the molecule is C#C[C@@]1(OC(C)=O)[C@@H](COC(Cc2ccc(I)cc2)(C(=O)OCC)C(=O)OCC)O[C@@H](n2cnc3c(N(C)C(=O)OC(C)(C)C)nc(Cl)nc32)[C@@H]1OC(C)=O. The average Bonchev–Trinajstić information content (AvgIpc) is 3.64. The molecule has 0 saturated carbocycles. The fraction of sp³-hybridized carbons (Fsp3) is 0.500. The number of esters is 4. The van der Waals surface area contributed by atoms with Crippen molar-refractivity contribution in [3.05, 3.63) is 45.0 Å². The van der Waals surface area contributed by atoms with Crippen molar-refractivity contribution in [3.63, 3.8) is 0 Å². The van der Waals surface area contributed by atoms with Gasteiger partial charge in [-0.3, -0.25) is 19.1 Å². The normalized spacial score (nSPS) is 19.6. The fourth-order valence-electron chi connectivity index (χ4n) is 5.71. The third-order valence-electron chi connectivity index (χ3n) is 7.99. The van der Waals surface area contributed by atoms with Crippen LogP contribution in [0.5, 0.6) is 0 Å². The van der Waals surface area contributed by atoms with E-state index in [1.54, 1.807) is 58.9 Å². The smallest absolute Gasteiger partial charge is 0.415 e. The molecule has 296 valence electrons. The Balaban J connectivity index is 1.87. The van der Waals surface area contributed by atoms with Crippen LogP contribution in [-0.2, 0) is 58.8 Å². The molecule has 0 radical (unpaired) electrons. The summed E-state index contributed by atoms with van der Waals surface area (Å²) >= 11 is 8.46. The van der Waals surface area contributed by atoms with Crippen LogP contribution < -0.4 is 4.90 Å². The highest BCUT2D eigenvalue weighted by atomic mass is 127. The number of carbonyl (C=O) groups is 5. The van der Waals surface area contributed by atoms with Gasteiger partial charge in [0.1, 0.15) is 11.7 Å². The lowest BCUT2D eigenvalue weighted by molar-refractivity contribution is -0.200. The second-order valence-electron chi connectivity index (χ2n) is 13.1. The first-order valence-corrected chi connectivity index (χ1v) is 18.4. The average molecular weight is 898 g/mol. The lowest BCUT2D eigenvalue weighted by atomic mass is 9.91. The lowest BCUT2D eigenvalue weighted by Gasteiger charge is -2.35. The summed E-state index contributed by atoms with van der Waals surface area (Å²) in [6.07, 6.45) is 1.58. The summed E-state index contributed by atoms with van der Waals surface area (Å²) in [5.41, 5.74) is -4.96. The summed E-state index contributed by atoms with van der Waals surface area (Å²) in [5.74, 6) is -1.50. The highest BCUT2D eigenvalue weighted by Crippen LogP contribution is 2.44. The van der Waals surface area contributed by atoms with Gasteiger partial charge in [0, 0.05) is 30.9 Å². The van der Waals surface area contributed by atoms with E-state index in [2.05, 4.69) is 43.5 Å². The molecule has 1 aliphatic heterocycles. The van der Waals surface area contributed by atoms with E-state index in [1.807, 2.05) is 0 Å². The quantitative estimate of drug-likeness (QED) is 0.0586. The molecule has 0 aliphatic carbocycles. The summed E-state index contributed by atoms with van der Waals surface area (Å²) in [7, 11) is 1.39. The number of halogens is 2. The van der Waals surface area contributed by atoms with Gasteiger partial charge in [0.15, 0.2) is 23.2 Å². The Morgan fingerprint density at radius 2 is 1.65 bits per heavy atom. The fourth-order valence-corrected chi connectivity index (χ4v) is 6.23. The van der Waals surface area contributed by atoms with E-state index < -0.39 is 71.8 Å². The van der Waals surface area contributed by atoms with Crippen molar-refractivity contribution >= 4 is 81.1 Å². The highest BCUT2D eigenvalue weighted by molar-refractivity contribution is 14.1. The molecule has 4 atom stereocenters. The molecule has 3 heterocycles. The van der Waals surface area contributed by atoms with Crippen LogP contribution in [0.4, 0.5) is 10.6 Å². The minimum Gasteiger partial charge on any atom is -0.463 e. The maximum absolute atomic E-state index is 13.8. The topological polar surface area (TPSA) is 197 Å². The first kappa shape index (κ1) is 43.2. The van der Waals surface area contributed by atoms with Crippen molar-refractivity contribution in [1.29, 1.82) is 0 Å². The summed E-state index contributed by atoms with van der Waals surface area (Å²) in [6.45, 7) is 9.41. The number of nitrogens with zero attached hydrogens (tertiary/aromatic N) is 5. The molecule has 0 bridgehead atoms. The van der Waals surface area contributed by atoms with Crippen LogP contribution in [-0.4, -0.2) is 105 Å². The number of anilines is 1. The van der Waals surface area contributed by atoms with E-state index >= 15 is 0 Å². The number of rotatable bonds is 13. The molecular weight excluding hydrogens is 857 g/mol. The van der Waals surface area contributed by atoms with Crippen LogP contribution in [0.15, 0.2) is 30.6 Å². The Morgan fingerprint density at radius 1 is 1.04 bits per heavy atom. The molecule has 0 spiro atoms. The molecule has 17 nitrogen and oxygen atoms in total. The largest absolute Gasteiger partial charge is 0.463 e. The number of ether oxygens (including phenoxy) is 7. The monoisotopic (exact) mass is 897 g/mol. The molecular formula is C36H41ClIN5O12. The van der Waals surface area contributed by atoms with E-state index in [9.17, 15) is 24.0 Å². The first-order chi connectivity index (χ1) is 25.8. The molecule has 55 heavy (non-hydrogen) atoms. The first-order valence-electron chi connectivity index (χ1n) is 16.9. The standard InChI is InChI=1S/C36H41ClIN5O12/c1-10-35(54-21(5)45)24(18-51-36(30(46)49-11-2,31(47)50-12-3)17-22-13-15-23(38)16-14-22)53-29(26(35)52-20(4)44)43-19-39-25-27(40-32(37)41-28(25)43)42(9)33(48)55-34(6,7)8/h1,13-16,19,24,26,29H,11-12,17-18H2,2-9H3/t24-,26+,29-,35-/m1/s1. The maximum atomic E-state index is 13.8. The van der Waals surface area contributed by atoms with Crippen molar-refractivity contribution in [2.45, 2.75) is 90.1 Å². The Hall–Kier alpha value is -4.58. The molecule has 0 unspecified atom stereocenters. The van der Waals surface area contributed by atoms with Crippen LogP contribution in [0.3, 0.4) is 0 Å². The number of hydrogen-bond acceptors (Lipinski definition) is 15. The van der Waals surface area contributed by atoms with Crippen molar-refractivity contribution in [3.8, 4) is 12.3 Å². The molecule has 1 fully saturated rings. The van der Waals surface area contributed by atoms with Gasteiger partial charge in [0.2, 0.25) is 17.0 Å². The van der Waals surface area contributed by atoms with Crippen LogP contribution in [0, 0.1) is 15.9 Å². The van der Waals surface area contributed by atoms with Gasteiger partial charge in [-0.1, -0.05) is 18.1 Å². The van der Waals surface area contributed by atoms with Crippen molar-refractivity contribution in [2.75, 3.05) is 31.8 Å². The molecule has 3 aromatic rings. The second kappa shape index (κ2) is 17.5. The zero-order valence-corrected chi connectivity index (χ0v) is 34.3. The Morgan fingerprint density at radius 3 is 2.18 bits per heavy atom. The van der Waals surface area contributed by atoms with Crippen LogP contribution >= 0.6 is 34.2 Å². The Kier molecular flexibility index (Phi) is 13.7. The lowest BCUT2D eigenvalue weighted by Crippen LogP contribution is -2.57. The maximum Gasteiger partial charge on any atom is 0.415 e. The van der Waals surface area contributed by atoms with E-state index in [-0.39, 0.29) is 41.9 Å². The number of amides is 1. The summed E-state index contributed by atoms with van der Waals surface area (Å²) in [6, 6.07) is 6.95. The van der Waals surface area contributed by atoms with Gasteiger partial charge >= 0.3 is 30.0 Å². The van der Waals surface area contributed by atoms with Gasteiger partial charge < -0.3 is 33.2 Å². The van der Waals surface area contributed by atoms with E-state index in [0.717, 1.165) is 22.3 Å². The third-order valence-corrected chi connectivity index (χ3v) is 8.88. The van der Waals surface area contributed by atoms with Gasteiger partial charge in [0.25, 0.3) is 5.60 Å². The predicted octanol–water partition coefficient (Wildman–Crippen LogP) is 4.34.